The first-order valence-corrected chi connectivity index (χ1v) is 7.40. The molecular formula is C21H52. The average Bonchev–Trinajstić information content (AvgIpc) is 2.40. The molecule has 0 spiro atoms. The molecule has 0 radical (unpaired) electrons. The van der Waals surface area contributed by atoms with Crippen molar-refractivity contribution in [2.24, 2.45) is 0 Å². The van der Waals surface area contributed by atoms with E-state index in [2.05, 4.69) is 68.2 Å². The van der Waals surface area contributed by atoms with Crippen LogP contribution in [0, 0.1) is 0 Å². The van der Waals surface area contributed by atoms with E-state index in [1.165, 1.54) is 12.8 Å². The normalized spacial score (nSPS) is 5.29. The number of allylic oxidation sites excluding steroid dienone is 3. The molecule has 0 aliphatic carbocycles. The summed E-state index contributed by atoms with van der Waals surface area (Å²) in [6.07, 6.45) is 11.4. The van der Waals surface area contributed by atoms with Gasteiger partial charge in [0.25, 0.3) is 0 Å². The standard InChI is InChI=1S/3C4H8.2C3H8.3CH4/c3*1-3-4-2;2*1-3-2;;;/h3*3H,1,4H2,2H3;2*3H2,1-2H3;3*1H4. The molecular weight excluding hydrogens is 252 g/mol. The van der Waals surface area contributed by atoms with Gasteiger partial charge in [-0.25, -0.2) is 0 Å². The number of rotatable bonds is 3. The van der Waals surface area contributed by atoms with Gasteiger partial charge in [0.1, 0.15) is 0 Å². The number of hydrogen-bond acceptors (Lipinski definition) is 0. The van der Waals surface area contributed by atoms with Crippen LogP contribution in [0.2, 0.25) is 0 Å². The zero-order valence-corrected chi connectivity index (χ0v) is 14.4. The van der Waals surface area contributed by atoms with Crippen molar-refractivity contribution in [1.29, 1.82) is 0 Å². The lowest BCUT2D eigenvalue weighted by molar-refractivity contribution is 1.09. The second-order valence-electron chi connectivity index (χ2n) is 3.50. The van der Waals surface area contributed by atoms with Crippen molar-refractivity contribution in [3.8, 4) is 0 Å². The van der Waals surface area contributed by atoms with Crippen molar-refractivity contribution in [3.63, 3.8) is 0 Å². The van der Waals surface area contributed by atoms with Crippen molar-refractivity contribution in [3.05, 3.63) is 38.0 Å². The van der Waals surface area contributed by atoms with Crippen LogP contribution in [0.5, 0.6) is 0 Å². The molecule has 0 unspecified atom stereocenters. The Morgan fingerprint density at radius 1 is 0.476 bits per heavy atom. The van der Waals surface area contributed by atoms with Gasteiger partial charge in [-0.2, -0.15) is 0 Å². The third-order valence-electron chi connectivity index (χ3n) is 0.866. The van der Waals surface area contributed by atoms with Gasteiger partial charge in [0, 0.05) is 0 Å². The highest BCUT2D eigenvalue weighted by Crippen LogP contribution is 1.67. The molecule has 21 heavy (non-hydrogen) atoms. The highest BCUT2D eigenvalue weighted by molar-refractivity contribution is 4.60. The van der Waals surface area contributed by atoms with Gasteiger partial charge >= 0.3 is 0 Å². The minimum atomic E-state index is 0. The van der Waals surface area contributed by atoms with E-state index >= 15 is 0 Å². The van der Waals surface area contributed by atoms with Crippen LogP contribution in [-0.2, 0) is 0 Å². The van der Waals surface area contributed by atoms with Crippen LogP contribution in [0.15, 0.2) is 38.0 Å². The van der Waals surface area contributed by atoms with Crippen LogP contribution in [0.4, 0.5) is 0 Å². The van der Waals surface area contributed by atoms with Gasteiger partial charge in [-0.3, -0.25) is 0 Å². The molecule has 0 aliphatic heterocycles. The molecule has 0 rings (SSSR count). The molecule has 0 bridgehead atoms. The van der Waals surface area contributed by atoms with Crippen LogP contribution in [0.3, 0.4) is 0 Å². The maximum atomic E-state index is 3.48. The smallest absolute Gasteiger partial charge is 0.0382 e. The fourth-order valence-electron chi connectivity index (χ4n) is 0. The van der Waals surface area contributed by atoms with E-state index in [-0.39, 0.29) is 22.3 Å². The van der Waals surface area contributed by atoms with Crippen LogP contribution >= 0.6 is 0 Å². The molecule has 0 saturated carbocycles. The SMILES string of the molecule is C.C.C.C=CCC.C=CCC.C=CCC.CCC.CCC. The highest BCUT2D eigenvalue weighted by atomic mass is 13.5. The fourth-order valence-corrected chi connectivity index (χ4v) is 0. The van der Waals surface area contributed by atoms with Gasteiger partial charge in [0.2, 0.25) is 0 Å². The molecule has 0 aliphatic rings. The molecule has 0 amide bonds. The minimum Gasteiger partial charge on any atom is -0.103 e. The van der Waals surface area contributed by atoms with E-state index in [1.54, 1.807) is 0 Å². The zero-order valence-electron chi connectivity index (χ0n) is 14.4. The lowest BCUT2D eigenvalue weighted by Crippen LogP contribution is -1.36. The van der Waals surface area contributed by atoms with Crippen molar-refractivity contribution >= 4 is 0 Å². The molecule has 0 aromatic carbocycles. The van der Waals surface area contributed by atoms with Gasteiger partial charge in [-0.05, 0) is 19.3 Å². The first kappa shape index (κ1) is 50.0. The van der Waals surface area contributed by atoms with E-state index in [9.17, 15) is 0 Å². The summed E-state index contributed by atoms with van der Waals surface area (Å²) in [5.41, 5.74) is 0. The highest BCUT2D eigenvalue weighted by Gasteiger charge is 1.46. The van der Waals surface area contributed by atoms with Gasteiger partial charge < -0.3 is 0 Å². The molecule has 0 nitrogen and oxygen atoms in total. The predicted molar refractivity (Wildman–Crippen MR) is 114 cm³/mol. The first-order valence-electron chi connectivity index (χ1n) is 7.40. The maximum Gasteiger partial charge on any atom is -0.0382 e. The molecule has 0 N–H and O–H groups in total. The lowest BCUT2D eigenvalue weighted by Gasteiger charge is -1.57. The van der Waals surface area contributed by atoms with Crippen LogP contribution in [-0.4, -0.2) is 0 Å². The van der Waals surface area contributed by atoms with E-state index in [4.69, 9.17) is 0 Å². The summed E-state index contributed by atoms with van der Waals surface area (Å²) in [5, 5.41) is 0. The summed E-state index contributed by atoms with van der Waals surface area (Å²) in [6, 6.07) is 0. The van der Waals surface area contributed by atoms with Crippen molar-refractivity contribution in [2.75, 3.05) is 0 Å². The van der Waals surface area contributed by atoms with Gasteiger partial charge in [0.05, 0.1) is 0 Å². The van der Waals surface area contributed by atoms with E-state index < -0.39 is 0 Å². The van der Waals surface area contributed by atoms with Crippen molar-refractivity contribution in [2.45, 2.75) is 103 Å². The third kappa shape index (κ3) is 1160. The molecule has 136 valence electrons. The largest absolute Gasteiger partial charge is 0.103 e. The summed E-state index contributed by atoms with van der Waals surface area (Å²) in [5.74, 6) is 0. The van der Waals surface area contributed by atoms with Crippen molar-refractivity contribution in [1.82, 2.24) is 0 Å². The number of hydrogen-bond donors (Lipinski definition) is 0. The monoisotopic (exact) mass is 304 g/mol. The Morgan fingerprint density at radius 2 is 0.524 bits per heavy atom. The Bertz CT molecular complexity index is 79.6. The molecule has 0 aromatic rings. The Morgan fingerprint density at radius 3 is 0.524 bits per heavy atom. The average molecular weight is 305 g/mol. The van der Waals surface area contributed by atoms with E-state index in [0.29, 0.717) is 0 Å². The van der Waals surface area contributed by atoms with Gasteiger partial charge in [-0.1, -0.05) is 102 Å². The van der Waals surface area contributed by atoms with Gasteiger partial charge in [-0.15, -0.1) is 19.7 Å². The molecule has 0 heteroatoms. The Kier molecular flexibility index (Phi) is 292. The molecule has 0 saturated heterocycles. The first-order chi connectivity index (χ1) is 8.57. The molecule has 0 atom stereocenters. The van der Waals surface area contributed by atoms with E-state index in [1.807, 2.05) is 18.2 Å². The summed E-state index contributed by atoms with van der Waals surface area (Å²) in [6.45, 7) is 25.1. The Labute approximate surface area is 141 Å². The minimum absolute atomic E-state index is 0. The Hall–Kier alpha value is -0.780. The fraction of sp³-hybridized carbons (Fsp3) is 0.714. The maximum absolute atomic E-state index is 3.48. The summed E-state index contributed by atoms with van der Waals surface area (Å²) in [4.78, 5) is 0. The second kappa shape index (κ2) is 122. The summed E-state index contributed by atoms with van der Waals surface area (Å²) >= 11 is 0. The molecule has 0 heterocycles. The predicted octanol–water partition coefficient (Wildman–Crippen LogP) is 9.49. The second-order valence-corrected chi connectivity index (χ2v) is 3.50. The topological polar surface area (TPSA) is 0 Å². The van der Waals surface area contributed by atoms with E-state index in [0.717, 1.165) is 19.3 Å². The van der Waals surface area contributed by atoms with Crippen LogP contribution in [0.25, 0.3) is 0 Å². The van der Waals surface area contributed by atoms with Crippen LogP contribution in [0.1, 0.15) is 103 Å². The summed E-state index contributed by atoms with van der Waals surface area (Å²) < 4.78 is 0. The van der Waals surface area contributed by atoms with Gasteiger partial charge in [0.15, 0.2) is 0 Å². The van der Waals surface area contributed by atoms with Crippen LogP contribution < -0.4 is 0 Å². The molecule has 0 aromatic heterocycles. The quantitative estimate of drug-likeness (QED) is 0.455. The zero-order chi connectivity index (χ0) is 15.7. The molecule has 0 fully saturated rings. The third-order valence-corrected chi connectivity index (χ3v) is 0.866. The lowest BCUT2D eigenvalue weighted by atomic mass is 10.5. The Balaban J connectivity index is -0.0000000163. The van der Waals surface area contributed by atoms with Crippen molar-refractivity contribution < 1.29 is 0 Å². The summed E-state index contributed by atoms with van der Waals surface area (Å²) in [7, 11) is 0.